The Morgan fingerprint density at radius 3 is 2.38 bits per heavy atom. The molecule has 0 saturated heterocycles. The standard InChI is InChI=1S/C11H14F3NO/c1-7(2)8(3)9-4-5-15-10(6-9)16-11(12,13)14/h4-8H,1-3H3. The van der Waals surface area contributed by atoms with Gasteiger partial charge in [-0.2, -0.15) is 0 Å². The number of halogens is 3. The fraction of sp³-hybridized carbons (Fsp3) is 0.545. The van der Waals surface area contributed by atoms with Gasteiger partial charge in [0.2, 0.25) is 5.88 Å². The molecule has 1 aromatic heterocycles. The van der Waals surface area contributed by atoms with E-state index in [0.29, 0.717) is 5.92 Å². The predicted octanol–water partition coefficient (Wildman–Crippen LogP) is 3.74. The highest BCUT2D eigenvalue weighted by molar-refractivity contribution is 5.24. The SMILES string of the molecule is CC(C)C(C)c1ccnc(OC(F)(F)F)c1. The highest BCUT2D eigenvalue weighted by Gasteiger charge is 2.31. The molecule has 0 N–H and O–H groups in total. The maximum atomic E-state index is 12.0. The second kappa shape index (κ2) is 4.72. The maximum absolute atomic E-state index is 12.0. The van der Waals surface area contributed by atoms with Crippen LogP contribution in [0, 0.1) is 5.92 Å². The minimum absolute atomic E-state index is 0.165. The van der Waals surface area contributed by atoms with Crippen molar-refractivity contribution in [2.45, 2.75) is 33.1 Å². The van der Waals surface area contributed by atoms with Crippen molar-refractivity contribution in [3.63, 3.8) is 0 Å². The van der Waals surface area contributed by atoms with Crippen LogP contribution in [0.1, 0.15) is 32.3 Å². The van der Waals surface area contributed by atoms with Crippen LogP contribution in [0.25, 0.3) is 0 Å². The molecular weight excluding hydrogens is 219 g/mol. The summed E-state index contributed by atoms with van der Waals surface area (Å²) in [4.78, 5) is 3.52. The molecule has 2 nitrogen and oxygen atoms in total. The second-order valence-electron chi connectivity index (χ2n) is 4.01. The first-order chi connectivity index (χ1) is 7.29. The molecule has 90 valence electrons. The van der Waals surface area contributed by atoms with E-state index in [1.165, 1.54) is 12.3 Å². The smallest absolute Gasteiger partial charge is 0.388 e. The predicted molar refractivity (Wildman–Crippen MR) is 54.2 cm³/mol. The molecule has 0 spiro atoms. The number of ether oxygens (including phenoxy) is 1. The van der Waals surface area contributed by atoms with E-state index < -0.39 is 12.2 Å². The summed E-state index contributed by atoms with van der Waals surface area (Å²) in [5, 5.41) is 0. The third kappa shape index (κ3) is 3.72. The molecule has 0 saturated carbocycles. The molecule has 0 aromatic carbocycles. The van der Waals surface area contributed by atoms with Gasteiger partial charge in [-0.1, -0.05) is 20.8 Å². The van der Waals surface area contributed by atoms with Gasteiger partial charge < -0.3 is 4.74 Å². The molecule has 0 bridgehead atoms. The van der Waals surface area contributed by atoms with Gasteiger partial charge in [0.1, 0.15) is 0 Å². The zero-order valence-electron chi connectivity index (χ0n) is 9.38. The monoisotopic (exact) mass is 233 g/mol. The van der Waals surface area contributed by atoms with E-state index in [1.807, 2.05) is 20.8 Å². The number of nitrogens with zero attached hydrogens (tertiary/aromatic N) is 1. The summed E-state index contributed by atoms with van der Waals surface area (Å²) in [6.45, 7) is 5.97. The Labute approximate surface area is 92.5 Å². The zero-order valence-corrected chi connectivity index (χ0v) is 9.38. The van der Waals surface area contributed by atoms with Crippen molar-refractivity contribution in [3.05, 3.63) is 23.9 Å². The summed E-state index contributed by atoms with van der Waals surface area (Å²) in [5.41, 5.74) is 0.796. The fourth-order valence-corrected chi connectivity index (χ4v) is 1.27. The molecule has 0 radical (unpaired) electrons. The van der Waals surface area contributed by atoms with Crippen LogP contribution >= 0.6 is 0 Å². The Balaban J connectivity index is 2.87. The van der Waals surface area contributed by atoms with E-state index in [-0.39, 0.29) is 5.92 Å². The van der Waals surface area contributed by atoms with Gasteiger partial charge in [-0.25, -0.2) is 4.98 Å². The lowest BCUT2D eigenvalue weighted by Gasteiger charge is -2.16. The lowest BCUT2D eigenvalue weighted by atomic mass is 9.91. The number of pyridine rings is 1. The molecule has 0 aliphatic carbocycles. The Bertz CT molecular complexity index is 349. The fourth-order valence-electron chi connectivity index (χ4n) is 1.27. The average molecular weight is 233 g/mol. The molecule has 0 aliphatic rings. The van der Waals surface area contributed by atoms with Gasteiger partial charge in [0, 0.05) is 12.3 Å². The van der Waals surface area contributed by atoms with Crippen molar-refractivity contribution in [2.24, 2.45) is 5.92 Å². The molecule has 1 rings (SSSR count). The van der Waals surface area contributed by atoms with Crippen LogP contribution in [-0.4, -0.2) is 11.3 Å². The molecule has 0 amide bonds. The van der Waals surface area contributed by atoms with E-state index in [1.54, 1.807) is 6.07 Å². The van der Waals surface area contributed by atoms with Crippen molar-refractivity contribution < 1.29 is 17.9 Å². The topological polar surface area (TPSA) is 22.1 Å². The molecule has 16 heavy (non-hydrogen) atoms. The minimum Gasteiger partial charge on any atom is -0.388 e. The molecular formula is C11H14F3NO. The largest absolute Gasteiger partial charge is 0.574 e. The summed E-state index contributed by atoms with van der Waals surface area (Å²) in [6.07, 6.45) is -3.36. The van der Waals surface area contributed by atoms with Crippen molar-refractivity contribution in [1.82, 2.24) is 4.98 Å². The molecule has 5 heteroatoms. The van der Waals surface area contributed by atoms with E-state index in [0.717, 1.165) is 5.56 Å². The second-order valence-corrected chi connectivity index (χ2v) is 4.01. The summed E-state index contributed by atoms with van der Waals surface area (Å²) in [6, 6.07) is 3.03. The lowest BCUT2D eigenvalue weighted by Crippen LogP contribution is -2.18. The first kappa shape index (κ1) is 12.8. The van der Waals surface area contributed by atoms with E-state index in [4.69, 9.17) is 0 Å². The summed E-state index contributed by atoms with van der Waals surface area (Å²) in [5.74, 6) is 0.109. The van der Waals surface area contributed by atoms with Crippen LogP contribution in [0.2, 0.25) is 0 Å². The first-order valence-electron chi connectivity index (χ1n) is 5.01. The van der Waals surface area contributed by atoms with Crippen LogP contribution < -0.4 is 4.74 Å². The molecule has 0 fully saturated rings. The van der Waals surface area contributed by atoms with Gasteiger partial charge in [0.15, 0.2) is 0 Å². The quantitative estimate of drug-likeness (QED) is 0.793. The number of hydrogen-bond acceptors (Lipinski definition) is 2. The Morgan fingerprint density at radius 2 is 1.88 bits per heavy atom. The summed E-state index contributed by atoms with van der Waals surface area (Å²) >= 11 is 0. The van der Waals surface area contributed by atoms with Gasteiger partial charge in [-0.15, -0.1) is 13.2 Å². The summed E-state index contributed by atoms with van der Waals surface area (Å²) in [7, 11) is 0. The van der Waals surface area contributed by atoms with Gasteiger partial charge >= 0.3 is 6.36 Å². The van der Waals surface area contributed by atoms with Crippen molar-refractivity contribution >= 4 is 0 Å². The third-order valence-corrected chi connectivity index (χ3v) is 2.50. The van der Waals surface area contributed by atoms with Crippen molar-refractivity contribution in [1.29, 1.82) is 0 Å². The highest BCUT2D eigenvalue weighted by atomic mass is 19.4. The van der Waals surface area contributed by atoms with E-state index in [9.17, 15) is 13.2 Å². The van der Waals surface area contributed by atoms with Crippen LogP contribution in [0.5, 0.6) is 5.88 Å². The molecule has 1 heterocycles. The first-order valence-corrected chi connectivity index (χ1v) is 5.01. The Morgan fingerprint density at radius 1 is 1.25 bits per heavy atom. The highest BCUT2D eigenvalue weighted by Crippen LogP contribution is 2.27. The van der Waals surface area contributed by atoms with Gasteiger partial charge in [-0.3, -0.25) is 0 Å². The number of hydrogen-bond donors (Lipinski definition) is 0. The van der Waals surface area contributed by atoms with Crippen LogP contribution in [-0.2, 0) is 0 Å². The zero-order chi connectivity index (χ0) is 12.3. The maximum Gasteiger partial charge on any atom is 0.574 e. The lowest BCUT2D eigenvalue weighted by molar-refractivity contribution is -0.276. The third-order valence-electron chi connectivity index (χ3n) is 2.50. The molecule has 1 unspecified atom stereocenters. The van der Waals surface area contributed by atoms with Crippen LogP contribution in [0.4, 0.5) is 13.2 Å². The Hall–Kier alpha value is -1.26. The molecule has 0 aliphatic heterocycles. The minimum atomic E-state index is -4.69. The molecule has 1 atom stereocenters. The summed E-state index contributed by atoms with van der Waals surface area (Å²) < 4.78 is 39.7. The van der Waals surface area contributed by atoms with Gasteiger partial charge in [0.25, 0.3) is 0 Å². The Kier molecular flexibility index (Phi) is 3.78. The average Bonchev–Trinajstić information content (AvgIpc) is 2.14. The number of aromatic nitrogens is 1. The van der Waals surface area contributed by atoms with Crippen LogP contribution in [0.15, 0.2) is 18.3 Å². The number of rotatable bonds is 3. The normalized spacial score (nSPS) is 13.9. The van der Waals surface area contributed by atoms with Gasteiger partial charge in [0.05, 0.1) is 0 Å². The molecule has 1 aromatic rings. The number of alkyl halides is 3. The van der Waals surface area contributed by atoms with Crippen molar-refractivity contribution in [3.8, 4) is 5.88 Å². The van der Waals surface area contributed by atoms with Crippen LogP contribution in [0.3, 0.4) is 0 Å². The van der Waals surface area contributed by atoms with Crippen molar-refractivity contribution in [2.75, 3.05) is 0 Å². The van der Waals surface area contributed by atoms with Gasteiger partial charge in [-0.05, 0) is 23.5 Å². The van der Waals surface area contributed by atoms with E-state index >= 15 is 0 Å². The van der Waals surface area contributed by atoms with E-state index in [2.05, 4.69) is 9.72 Å².